The number of esters is 2. The normalized spacial score (nSPS) is 10.2. The first-order chi connectivity index (χ1) is 18.2. The third kappa shape index (κ3) is 8.19. The number of nitro benzene ring substituents is 1. The Hall–Kier alpha value is -5.19. The standard InChI is InChI=1S/C27H22N2O9/c30-23(18-4-2-1-3-5-18)16-37-26(33)15-14-25(32)28-21-10-6-20(7-11-21)27(34)38-17-24(31)19-8-12-22(13-9-19)29(35)36/h1-13H,14-17H2,(H,28,32). The first-order valence-electron chi connectivity index (χ1n) is 11.3. The highest BCUT2D eigenvalue weighted by Gasteiger charge is 2.15. The van der Waals surface area contributed by atoms with Crippen LogP contribution in [0.2, 0.25) is 0 Å². The summed E-state index contributed by atoms with van der Waals surface area (Å²) < 4.78 is 9.90. The molecule has 0 atom stereocenters. The summed E-state index contributed by atoms with van der Waals surface area (Å²) in [6.07, 6.45) is -0.395. The maximum atomic E-state index is 12.2. The van der Waals surface area contributed by atoms with Crippen LogP contribution in [0, 0.1) is 10.1 Å². The van der Waals surface area contributed by atoms with E-state index in [9.17, 15) is 34.1 Å². The molecule has 194 valence electrons. The molecule has 11 heteroatoms. The topological polar surface area (TPSA) is 159 Å². The number of hydrogen-bond donors (Lipinski definition) is 1. The first-order valence-corrected chi connectivity index (χ1v) is 11.3. The Kier molecular flexibility index (Phi) is 9.52. The van der Waals surface area contributed by atoms with E-state index in [2.05, 4.69) is 5.32 Å². The summed E-state index contributed by atoms with van der Waals surface area (Å²) in [5.41, 5.74) is 0.905. The lowest BCUT2D eigenvalue weighted by atomic mass is 10.1. The molecule has 0 aliphatic carbocycles. The van der Waals surface area contributed by atoms with E-state index in [1.54, 1.807) is 30.3 Å². The number of amides is 1. The number of ether oxygens (including phenoxy) is 2. The van der Waals surface area contributed by atoms with Gasteiger partial charge in [-0.3, -0.25) is 29.3 Å². The van der Waals surface area contributed by atoms with E-state index in [1.165, 1.54) is 48.5 Å². The number of carbonyl (C=O) groups is 5. The fraction of sp³-hybridized carbons (Fsp3) is 0.148. The van der Waals surface area contributed by atoms with Gasteiger partial charge in [0, 0.05) is 35.4 Å². The zero-order valence-electron chi connectivity index (χ0n) is 20.0. The quantitative estimate of drug-likeness (QED) is 0.163. The second-order valence-corrected chi connectivity index (χ2v) is 7.88. The van der Waals surface area contributed by atoms with Crippen molar-refractivity contribution in [3.8, 4) is 0 Å². The first kappa shape index (κ1) is 27.4. The number of nitro groups is 1. The molecule has 3 rings (SSSR count). The van der Waals surface area contributed by atoms with Crippen LogP contribution in [0.4, 0.5) is 11.4 Å². The van der Waals surface area contributed by atoms with Crippen LogP contribution in [0.5, 0.6) is 0 Å². The molecule has 0 aliphatic rings. The third-order valence-corrected chi connectivity index (χ3v) is 5.16. The Morgan fingerprint density at radius 3 is 1.84 bits per heavy atom. The maximum Gasteiger partial charge on any atom is 0.338 e. The van der Waals surface area contributed by atoms with Crippen LogP contribution in [-0.2, 0) is 19.1 Å². The summed E-state index contributed by atoms with van der Waals surface area (Å²) in [6, 6.07) is 18.9. The van der Waals surface area contributed by atoms with Crippen molar-refractivity contribution in [3.05, 3.63) is 106 Å². The minimum absolute atomic E-state index is 0.131. The van der Waals surface area contributed by atoms with Crippen molar-refractivity contribution in [2.75, 3.05) is 18.5 Å². The van der Waals surface area contributed by atoms with Crippen molar-refractivity contribution in [2.45, 2.75) is 12.8 Å². The van der Waals surface area contributed by atoms with Crippen molar-refractivity contribution in [3.63, 3.8) is 0 Å². The van der Waals surface area contributed by atoms with Gasteiger partial charge in [0.15, 0.2) is 24.8 Å². The van der Waals surface area contributed by atoms with Crippen LogP contribution in [-0.4, -0.2) is 47.5 Å². The van der Waals surface area contributed by atoms with E-state index in [1.807, 2.05) is 0 Å². The van der Waals surface area contributed by atoms with Gasteiger partial charge in [0.2, 0.25) is 5.91 Å². The van der Waals surface area contributed by atoms with Gasteiger partial charge in [-0.25, -0.2) is 4.79 Å². The maximum absolute atomic E-state index is 12.2. The van der Waals surface area contributed by atoms with Crippen LogP contribution >= 0.6 is 0 Å². The highest BCUT2D eigenvalue weighted by molar-refractivity contribution is 6.00. The number of ketones is 2. The van der Waals surface area contributed by atoms with Crippen molar-refractivity contribution in [2.24, 2.45) is 0 Å². The predicted octanol–water partition coefficient (Wildman–Crippen LogP) is 3.78. The number of hydrogen-bond acceptors (Lipinski definition) is 9. The molecule has 0 bridgehead atoms. The molecule has 38 heavy (non-hydrogen) atoms. The highest BCUT2D eigenvalue weighted by atomic mass is 16.6. The Morgan fingerprint density at radius 1 is 0.684 bits per heavy atom. The van der Waals surface area contributed by atoms with Gasteiger partial charge in [0.05, 0.1) is 16.9 Å². The van der Waals surface area contributed by atoms with E-state index in [0.717, 1.165) is 0 Å². The number of carbonyl (C=O) groups excluding carboxylic acids is 5. The van der Waals surface area contributed by atoms with Gasteiger partial charge in [-0.05, 0) is 36.4 Å². The molecular formula is C27H22N2O9. The fourth-order valence-electron chi connectivity index (χ4n) is 3.12. The SMILES string of the molecule is O=C(CCC(=O)OCC(=O)c1ccccc1)Nc1ccc(C(=O)OCC(=O)c2ccc([N+](=O)[O-])cc2)cc1. The molecule has 11 nitrogen and oxygen atoms in total. The number of nitrogens with zero attached hydrogens (tertiary/aromatic N) is 1. The van der Waals surface area contributed by atoms with Crippen molar-refractivity contribution in [1.29, 1.82) is 0 Å². The lowest BCUT2D eigenvalue weighted by Crippen LogP contribution is -2.17. The van der Waals surface area contributed by atoms with Gasteiger partial charge < -0.3 is 14.8 Å². The van der Waals surface area contributed by atoms with E-state index >= 15 is 0 Å². The molecular weight excluding hydrogens is 496 g/mol. The van der Waals surface area contributed by atoms with Crippen molar-refractivity contribution < 1.29 is 38.4 Å². The van der Waals surface area contributed by atoms with Crippen LogP contribution in [0.1, 0.15) is 43.9 Å². The second kappa shape index (κ2) is 13.2. The van der Waals surface area contributed by atoms with Crippen molar-refractivity contribution >= 4 is 40.8 Å². The molecule has 0 aromatic heterocycles. The summed E-state index contributed by atoms with van der Waals surface area (Å²) in [4.78, 5) is 70.3. The fourth-order valence-corrected chi connectivity index (χ4v) is 3.12. The van der Waals surface area contributed by atoms with Crippen LogP contribution in [0.3, 0.4) is 0 Å². The molecule has 0 spiro atoms. The highest BCUT2D eigenvalue weighted by Crippen LogP contribution is 2.14. The van der Waals surface area contributed by atoms with Gasteiger partial charge in [0.25, 0.3) is 5.69 Å². The summed E-state index contributed by atoms with van der Waals surface area (Å²) in [5, 5.41) is 13.3. The lowest BCUT2D eigenvalue weighted by Gasteiger charge is -2.08. The molecule has 0 aliphatic heterocycles. The average molecular weight is 518 g/mol. The van der Waals surface area contributed by atoms with Gasteiger partial charge in [-0.1, -0.05) is 30.3 Å². The molecule has 1 amide bonds. The summed E-state index contributed by atoms with van der Waals surface area (Å²) in [7, 11) is 0. The van der Waals surface area contributed by atoms with E-state index < -0.39 is 41.8 Å². The monoisotopic (exact) mass is 518 g/mol. The summed E-state index contributed by atoms with van der Waals surface area (Å²) >= 11 is 0. The molecule has 3 aromatic rings. The number of benzene rings is 3. The zero-order valence-corrected chi connectivity index (χ0v) is 20.0. The molecule has 0 saturated carbocycles. The lowest BCUT2D eigenvalue weighted by molar-refractivity contribution is -0.384. The van der Waals surface area contributed by atoms with Gasteiger partial charge in [-0.2, -0.15) is 0 Å². The molecule has 0 heterocycles. The Bertz CT molecular complexity index is 1340. The van der Waals surface area contributed by atoms with E-state index in [-0.39, 0.29) is 35.4 Å². The average Bonchev–Trinajstić information content (AvgIpc) is 2.94. The summed E-state index contributed by atoms with van der Waals surface area (Å²) in [6.45, 7) is -0.969. The number of Topliss-reactive ketones (excluding diaryl/α,β-unsaturated/α-hetero) is 2. The Labute approximate surface area is 216 Å². The minimum Gasteiger partial charge on any atom is -0.457 e. The van der Waals surface area contributed by atoms with Gasteiger partial charge in [0.1, 0.15) is 0 Å². The smallest absolute Gasteiger partial charge is 0.338 e. The van der Waals surface area contributed by atoms with Crippen molar-refractivity contribution in [1.82, 2.24) is 0 Å². The van der Waals surface area contributed by atoms with Gasteiger partial charge >= 0.3 is 11.9 Å². The van der Waals surface area contributed by atoms with Crippen LogP contribution in [0.15, 0.2) is 78.9 Å². The number of anilines is 1. The predicted molar refractivity (Wildman–Crippen MR) is 134 cm³/mol. The number of non-ortho nitro benzene ring substituents is 1. The Balaban J connectivity index is 1.39. The molecule has 1 N–H and O–H groups in total. The molecule has 0 radical (unpaired) electrons. The minimum atomic E-state index is -0.772. The largest absolute Gasteiger partial charge is 0.457 e. The molecule has 0 fully saturated rings. The molecule has 0 unspecified atom stereocenters. The van der Waals surface area contributed by atoms with Gasteiger partial charge in [-0.15, -0.1) is 0 Å². The molecule has 0 saturated heterocycles. The van der Waals surface area contributed by atoms with E-state index in [0.29, 0.717) is 11.3 Å². The second-order valence-electron chi connectivity index (χ2n) is 7.88. The Morgan fingerprint density at radius 2 is 1.24 bits per heavy atom. The number of nitrogens with one attached hydrogen (secondary N) is 1. The third-order valence-electron chi connectivity index (χ3n) is 5.16. The zero-order chi connectivity index (χ0) is 27.5. The van der Waals surface area contributed by atoms with E-state index in [4.69, 9.17) is 9.47 Å². The summed E-state index contributed by atoms with van der Waals surface area (Å²) in [5.74, 6) is -2.81. The van der Waals surface area contributed by atoms with Crippen LogP contribution in [0.25, 0.3) is 0 Å². The molecule has 3 aromatic carbocycles. The van der Waals surface area contributed by atoms with Crippen LogP contribution < -0.4 is 5.32 Å². The number of rotatable bonds is 12.